The fourth-order valence-corrected chi connectivity index (χ4v) is 2.36. The first-order valence-electron chi connectivity index (χ1n) is 6.46. The van der Waals surface area contributed by atoms with Gasteiger partial charge in [-0.15, -0.1) is 0 Å². The van der Waals surface area contributed by atoms with Crippen molar-refractivity contribution in [2.45, 2.75) is 0 Å². The summed E-state index contributed by atoms with van der Waals surface area (Å²) in [6.07, 6.45) is 1.52. The zero-order valence-corrected chi connectivity index (χ0v) is 14.0. The lowest BCUT2D eigenvalue weighted by Gasteiger charge is -2.07. The average molecular weight is 404 g/mol. The lowest BCUT2D eigenvalue weighted by molar-refractivity contribution is -0.112. The Bertz CT molecular complexity index is 763. The molecule has 0 heterocycles. The fourth-order valence-electron chi connectivity index (χ4n) is 1.84. The molecule has 0 aliphatic carbocycles. The van der Waals surface area contributed by atoms with E-state index in [4.69, 9.17) is 4.74 Å². The van der Waals surface area contributed by atoms with Crippen molar-refractivity contribution >= 4 is 40.3 Å². The molecule has 0 aromatic heterocycles. The van der Waals surface area contributed by atoms with Crippen molar-refractivity contribution < 1.29 is 9.53 Å². The van der Waals surface area contributed by atoms with Crippen LogP contribution in [-0.2, 0) is 4.79 Å². The van der Waals surface area contributed by atoms with E-state index in [0.29, 0.717) is 17.0 Å². The number of hydrogen-bond donors (Lipinski definition) is 1. The van der Waals surface area contributed by atoms with Gasteiger partial charge in [-0.2, -0.15) is 5.26 Å². The van der Waals surface area contributed by atoms with Gasteiger partial charge >= 0.3 is 0 Å². The maximum atomic E-state index is 12.3. The van der Waals surface area contributed by atoms with Crippen LogP contribution >= 0.6 is 22.6 Å². The monoisotopic (exact) mass is 404 g/mol. The Morgan fingerprint density at radius 3 is 2.59 bits per heavy atom. The van der Waals surface area contributed by atoms with Crippen molar-refractivity contribution in [3.63, 3.8) is 0 Å². The number of rotatable bonds is 4. The molecule has 0 radical (unpaired) electrons. The molecule has 0 fully saturated rings. The van der Waals surface area contributed by atoms with E-state index >= 15 is 0 Å². The molecule has 5 heteroatoms. The van der Waals surface area contributed by atoms with Crippen molar-refractivity contribution in [3.8, 4) is 11.8 Å². The molecule has 22 heavy (non-hydrogen) atoms. The number of benzene rings is 2. The molecule has 0 aliphatic rings. The van der Waals surface area contributed by atoms with Crippen molar-refractivity contribution in [2.75, 3.05) is 12.4 Å². The molecule has 0 unspecified atom stereocenters. The molecule has 2 rings (SSSR count). The number of para-hydroxylation sites is 2. The summed E-state index contributed by atoms with van der Waals surface area (Å²) in [5, 5.41) is 12.0. The molecular weight excluding hydrogens is 391 g/mol. The van der Waals surface area contributed by atoms with Crippen LogP contribution in [0.25, 0.3) is 6.08 Å². The highest BCUT2D eigenvalue weighted by Gasteiger charge is 2.12. The van der Waals surface area contributed by atoms with Crippen LogP contribution in [-0.4, -0.2) is 13.0 Å². The number of methoxy groups -OCH3 is 1. The van der Waals surface area contributed by atoms with Gasteiger partial charge in [0.2, 0.25) is 0 Å². The summed E-state index contributed by atoms with van der Waals surface area (Å²) in [6.45, 7) is 0. The zero-order chi connectivity index (χ0) is 15.9. The molecule has 110 valence electrons. The highest BCUT2D eigenvalue weighted by Crippen LogP contribution is 2.22. The minimum absolute atomic E-state index is 0.0177. The van der Waals surface area contributed by atoms with Gasteiger partial charge in [0.15, 0.2) is 0 Å². The maximum Gasteiger partial charge on any atom is 0.266 e. The van der Waals surface area contributed by atoms with E-state index in [0.717, 1.165) is 3.57 Å². The second-order valence-corrected chi connectivity index (χ2v) is 5.51. The second-order valence-electron chi connectivity index (χ2n) is 4.35. The Labute approximate surface area is 142 Å². The number of nitriles is 1. The van der Waals surface area contributed by atoms with Crippen molar-refractivity contribution in [3.05, 3.63) is 63.2 Å². The van der Waals surface area contributed by atoms with Crippen molar-refractivity contribution in [1.82, 2.24) is 0 Å². The van der Waals surface area contributed by atoms with Gasteiger partial charge in [-0.05, 0) is 46.9 Å². The van der Waals surface area contributed by atoms with Gasteiger partial charge in [0.1, 0.15) is 17.4 Å². The Balaban J connectivity index is 2.28. The molecular formula is C17H13IN2O2. The summed E-state index contributed by atoms with van der Waals surface area (Å²) in [5.74, 6) is 0.162. The normalized spacial score (nSPS) is 10.7. The Morgan fingerprint density at radius 1 is 1.23 bits per heavy atom. The summed E-state index contributed by atoms with van der Waals surface area (Å²) in [5.41, 5.74) is 1.37. The smallest absolute Gasteiger partial charge is 0.266 e. The molecule has 0 saturated carbocycles. The fraction of sp³-hybridized carbons (Fsp3) is 0.0588. The second kappa shape index (κ2) is 7.61. The van der Waals surface area contributed by atoms with Gasteiger partial charge < -0.3 is 10.1 Å². The quantitative estimate of drug-likeness (QED) is 0.479. The predicted molar refractivity (Wildman–Crippen MR) is 94.4 cm³/mol. The SMILES string of the molecule is COc1ccccc1/C=C(\C#N)C(=O)Nc1ccccc1I. The molecule has 0 saturated heterocycles. The van der Waals surface area contributed by atoms with E-state index in [1.807, 2.05) is 36.4 Å². The first kappa shape index (κ1) is 16.0. The number of hydrogen-bond acceptors (Lipinski definition) is 3. The topological polar surface area (TPSA) is 62.1 Å². The number of nitrogens with zero attached hydrogens (tertiary/aromatic N) is 1. The van der Waals surface area contributed by atoms with Gasteiger partial charge in [0.05, 0.1) is 12.8 Å². The van der Waals surface area contributed by atoms with E-state index in [9.17, 15) is 10.1 Å². The Kier molecular flexibility index (Phi) is 5.55. The third-order valence-electron chi connectivity index (χ3n) is 2.93. The summed E-state index contributed by atoms with van der Waals surface area (Å²) >= 11 is 2.13. The van der Waals surface area contributed by atoms with Gasteiger partial charge in [0, 0.05) is 9.13 Å². The maximum absolute atomic E-state index is 12.3. The molecule has 1 amide bonds. The molecule has 2 aromatic rings. The molecule has 1 N–H and O–H groups in total. The molecule has 0 aliphatic heterocycles. The van der Waals surface area contributed by atoms with Crippen LogP contribution in [0.2, 0.25) is 0 Å². The predicted octanol–water partition coefficient (Wildman–Crippen LogP) is 3.85. The van der Waals surface area contributed by atoms with Crippen LogP contribution in [0.15, 0.2) is 54.1 Å². The lowest BCUT2D eigenvalue weighted by atomic mass is 10.1. The standard InChI is InChI=1S/C17H13IN2O2/c1-22-16-9-5-2-6-12(16)10-13(11-19)17(21)20-15-8-4-3-7-14(15)18/h2-10H,1H3,(H,20,21)/b13-10+. The van der Waals surface area contributed by atoms with Gasteiger partial charge in [-0.1, -0.05) is 30.3 Å². The average Bonchev–Trinajstić information content (AvgIpc) is 2.55. The van der Waals surface area contributed by atoms with Crippen LogP contribution in [0.1, 0.15) is 5.56 Å². The summed E-state index contributed by atoms with van der Waals surface area (Å²) in [4.78, 5) is 12.3. The summed E-state index contributed by atoms with van der Waals surface area (Å²) in [6, 6.07) is 16.5. The number of carbonyl (C=O) groups excluding carboxylic acids is 1. The van der Waals surface area contributed by atoms with Gasteiger partial charge in [0.25, 0.3) is 5.91 Å². The largest absolute Gasteiger partial charge is 0.496 e. The van der Waals surface area contributed by atoms with Crippen LogP contribution in [0, 0.1) is 14.9 Å². The van der Waals surface area contributed by atoms with Crippen LogP contribution in [0.5, 0.6) is 5.75 Å². The summed E-state index contributed by atoms with van der Waals surface area (Å²) in [7, 11) is 1.55. The zero-order valence-electron chi connectivity index (χ0n) is 11.8. The minimum atomic E-state index is -0.447. The number of halogens is 1. The lowest BCUT2D eigenvalue weighted by Crippen LogP contribution is -2.14. The third-order valence-corrected chi connectivity index (χ3v) is 3.87. The first-order valence-corrected chi connectivity index (χ1v) is 7.54. The molecule has 4 nitrogen and oxygen atoms in total. The highest BCUT2D eigenvalue weighted by atomic mass is 127. The van der Waals surface area contributed by atoms with E-state index < -0.39 is 5.91 Å². The number of carbonyl (C=O) groups is 1. The van der Waals surface area contributed by atoms with Crippen molar-refractivity contribution in [2.24, 2.45) is 0 Å². The molecule has 0 bridgehead atoms. The Morgan fingerprint density at radius 2 is 1.91 bits per heavy atom. The number of nitrogens with one attached hydrogen (secondary N) is 1. The van der Waals surface area contributed by atoms with Crippen LogP contribution in [0.3, 0.4) is 0 Å². The third kappa shape index (κ3) is 3.86. The molecule has 2 aromatic carbocycles. The van der Waals surface area contributed by atoms with E-state index in [1.165, 1.54) is 6.08 Å². The van der Waals surface area contributed by atoms with E-state index in [2.05, 4.69) is 27.9 Å². The molecule has 0 atom stereocenters. The van der Waals surface area contributed by atoms with Gasteiger partial charge in [-0.25, -0.2) is 0 Å². The number of ether oxygens (including phenoxy) is 1. The number of anilines is 1. The van der Waals surface area contributed by atoms with E-state index in [1.54, 1.807) is 25.3 Å². The minimum Gasteiger partial charge on any atom is -0.496 e. The van der Waals surface area contributed by atoms with Crippen LogP contribution < -0.4 is 10.1 Å². The Hall–Kier alpha value is -2.33. The highest BCUT2D eigenvalue weighted by molar-refractivity contribution is 14.1. The number of amides is 1. The van der Waals surface area contributed by atoms with Gasteiger partial charge in [-0.3, -0.25) is 4.79 Å². The molecule has 0 spiro atoms. The van der Waals surface area contributed by atoms with Crippen molar-refractivity contribution in [1.29, 1.82) is 5.26 Å². The van der Waals surface area contributed by atoms with E-state index in [-0.39, 0.29) is 5.57 Å². The van der Waals surface area contributed by atoms with Crippen LogP contribution in [0.4, 0.5) is 5.69 Å². The first-order chi connectivity index (χ1) is 10.7. The summed E-state index contributed by atoms with van der Waals surface area (Å²) < 4.78 is 6.13.